The molecule has 0 aromatic rings. The molecular weight excluding hydrogens is 236 g/mol. The minimum Gasteiger partial charge on any atom is -0.381 e. The van der Waals surface area contributed by atoms with Crippen molar-refractivity contribution < 1.29 is 13.5 Å². The zero-order valence-electron chi connectivity index (χ0n) is 11.3. The molecule has 2 fully saturated rings. The van der Waals surface area contributed by atoms with E-state index in [2.05, 4.69) is 12.2 Å². The van der Waals surface area contributed by atoms with E-state index < -0.39 is 5.92 Å². The third-order valence-electron chi connectivity index (χ3n) is 4.41. The van der Waals surface area contributed by atoms with E-state index >= 15 is 0 Å². The third kappa shape index (κ3) is 3.89. The monoisotopic (exact) mass is 261 g/mol. The molecule has 0 spiro atoms. The summed E-state index contributed by atoms with van der Waals surface area (Å²) in [6.45, 7) is 4.61. The molecule has 2 unspecified atom stereocenters. The molecule has 1 aliphatic carbocycles. The van der Waals surface area contributed by atoms with Gasteiger partial charge in [0.1, 0.15) is 0 Å². The van der Waals surface area contributed by atoms with Crippen LogP contribution in [0.1, 0.15) is 45.4 Å². The van der Waals surface area contributed by atoms with Crippen molar-refractivity contribution >= 4 is 0 Å². The van der Waals surface area contributed by atoms with Crippen LogP contribution in [0.15, 0.2) is 0 Å². The normalized spacial score (nSPS) is 30.5. The van der Waals surface area contributed by atoms with Gasteiger partial charge in [-0.2, -0.15) is 0 Å². The summed E-state index contributed by atoms with van der Waals surface area (Å²) in [5.41, 5.74) is 0. The number of alkyl halides is 2. The highest BCUT2D eigenvalue weighted by Crippen LogP contribution is 2.41. The molecule has 1 saturated heterocycles. The molecule has 4 heteroatoms. The first kappa shape index (κ1) is 14.2. The summed E-state index contributed by atoms with van der Waals surface area (Å²) in [7, 11) is 0. The molecular formula is C14H25F2NO. The molecule has 106 valence electrons. The van der Waals surface area contributed by atoms with Crippen molar-refractivity contribution in [3.8, 4) is 0 Å². The Balaban J connectivity index is 1.87. The molecule has 0 amide bonds. The van der Waals surface area contributed by atoms with Gasteiger partial charge >= 0.3 is 0 Å². The van der Waals surface area contributed by atoms with Crippen molar-refractivity contribution in [1.29, 1.82) is 0 Å². The van der Waals surface area contributed by atoms with Gasteiger partial charge in [-0.05, 0) is 44.1 Å². The van der Waals surface area contributed by atoms with E-state index in [1.165, 1.54) is 0 Å². The van der Waals surface area contributed by atoms with E-state index in [4.69, 9.17) is 4.74 Å². The second-order valence-electron chi connectivity index (χ2n) is 5.81. The maximum atomic E-state index is 13.3. The molecule has 1 aliphatic heterocycles. The van der Waals surface area contributed by atoms with Crippen molar-refractivity contribution in [3.63, 3.8) is 0 Å². The van der Waals surface area contributed by atoms with Gasteiger partial charge in [0, 0.05) is 32.1 Å². The number of rotatable bonds is 5. The third-order valence-corrected chi connectivity index (χ3v) is 4.41. The number of halogens is 2. The van der Waals surface area contributed by atoms with Crippen LogP contribution >= 0.6 is 0 Å². The summed E-state index contributed by atoms with van der Waals surface area (Å²) in [5, 5.41) is 3.44. The SMILES string of the molecule is CCNC(CC1CCOCC1)C1CCC(F)(F)C1. The molecule has 0 bridgehead atoms. The molecule has 18 heavy (non-hydrogen) atoms. The van der Waals surface area contributed by atoms with Crippen LogP contribution in [0.5, 0.6) is 0 Å². The lowest BCUT2D eigenvalue weighted by Crippen LogP contribution is -2.38. The lowest BCUT2D eigenvalue weighted by molar-refractivity contribution is 0.00196. The van der Waals surface area contributed by atoms with Gasteiger partial charge < -0.3 is 10.1 Å². The van der Waals surface area contributed by atoms with Crippen LogP contribution in [0.25, 0.3) is 0 Å². The average molecular weight is 261 g/mol. The summed E-state index contributed by atoms with van der Waals surface area (Å²) >= 11 is 0. The van der Waals surface area contributed by atoms with Crippen LogP contribution in [-0.2, 0) is 4.74 Å². The fourth-order valence-corrected chi connectivity index (χ4v) is 3.37. The maximum Gasteiger partial charge on any atom is 0.248 e. The van der Waals surface area contributed by atoms with E-state index in [1.807, 2.05) is 0 Å². The highest BCUT2D eigenvalue weighted by Gasteiger charge is 2.42. The van der Waals surface area contributed by atoms with E-state index in [9.17, 15) is 8.78 Å². The number of hydrogen-bond acceptors (Lipinski definition) is 2. The lowest BCUT2D eigenvalue weighted by Gasteiger charge is -2.30. The van der Waals surface area contributed by atoms with Crippen LogP contribution in [0, 0.1) is 11.8 Å². The van der Waals surface area contributed by atoms with Crippen LogP contribution in [-0.4, -0.2) is 31.7 Å². The standard InChI is InChI=1S/C14H25F2NO/c1-2-17-13(9-11-4-7-18-8-5-11)12-3-6-14(15,16)10-12/h11-13,17H,2-10H2,1H3. The highest BCUT2D eigenvalue weighted by molar-refractivity contribution is 4.89. The van der Waals surface area contributed by atoms with Gasteiger partial charge in [0.15, 0.2) is 0 Å². The zero-order chi connectivity index (χ0) is 13.0. The van der Waals surface area contributed by atoms with Gasteiger partial charge in [-0.1, -0.05) is 6.92 Å². The summed E-state index contributed by atoms with van der Waals surface area (Å²) < 4.78 is 32.0. The van der Waals surface area contributed by atoms with Gasteiger partial charge in [-0.25, -0.2) is 8.78 Å². The molecule has 0 radical (unpaired) electrons. The highest BCUT2D eigenvalue weighted by atomic mass is 19.3. The number of hydrogen-bond donors (Lipinski definition) is 1. The molecule has 0 aromatic heterocycles. The molecule has 1 heterocycles. The van der Waals surface area contributed by atoms with Crippen molar-refractivity contribution in [2.75, 3.05) is 19.8 Å². The predicted octanol–water partition coefficient (Wildman–Crippen LogP) is 3.22. The lowest BCUT2D eigenvalue weighted by atomic mass is 9.85. The summed E-state index contributed by atoms with van der Waals surface area (Å²) in [5.74, 6) is -1.62. The first-order chi connectivity index (χ1) is 8.61. The van der Waals surface area contributed by atoms with Crippen molar-refractivity contribution in [2.24, 2.45) is 11.8 Å². The molecule has 0 aromatic carbocycles. The van der Waals surface area contributed by atoms with Crippen molar-refractivity contribution in [2.45, 2.75) is 57.4 Å². The summed E-state index contributed by atoms with van der Waals surface area (Å²) in [6, 6.07) is 0.270. The maximum absolute atomic E-state index is 13.3. The molecule has 1 N–H and O–H groups in total. The van der Waals surface area contributed by atoms with E-state index in [1.54, 1.807) is 0 Å². The van der Waals surface area contributed by atoms with Crippen molar-refractivity contribution in [1.82, 2.24) is 5.32 Å². The Morgan fingerprint density at radius 3 is 2.56 bits per heavy atom. The molecule has 2 aliphatic rings. The number of ether oxygens (including phenoxy) is 1. The first-order valence-corrected chi connectivity index (χ1v) is 7.29. The predicted molar refractivity (Wildman–Crippen MR) is 67.9 cm³/mol. The van der Waals surface area contributed by atoms with Crippen LogP contribution in [0.3, 0.4) is 0 Å². The van der Waals surface area contributed by atoms with Gasteiger partial charge in [0.2, 0.25) is 5.92 Å². The van der Waals surface area contributed by atoms with Gasteiger partial charge in [0.05, 0.1) is 0 Å². The van der Waals surface area contributed by atoms with E-state index in [0.29, 0.717) is 12.3 Å². The molecule has 1 saturated carbocycles. The van der Waals surface area contributed by atoms with Crippen LogP contribution in [0.4, 0.5) is 8.78 Å². The molecule has 2 atom stereocenters. The van der Waals surface area contributed by atoms with Gasteiger partial charge in [0.25, 0.3) is 0 Å². The number of nitrogens with one attached hydrogen (secondary N) is 1. The summed E-state index contributed by atoms with van der Waals surface area (Å²) in [6.07, 6.45) is 4.04. The fraction of sp³-hybridized carbons (Fsp3) is 1.00. The first-order valence-electron chi connectivity index (χ1n) is 7.29. The van der Waals surface area contributed by atoms with Gasteiger partial charge in [-0.3, -0.25) is 0 Å². The Labute approximate surface area is 108 Å². The zero-order valence-corrected chi connectivity index (χ0v) is 11.3. The smallest absolute Gasteiger partial charge is 0.248 e. The largest absolute Gasteiger partial charge is 0.381 e. The second-order valence-corrected chi connectivity index (χ2v) is 5.81. The second kappa shape index (κ2) is 6.29. The van der Waals surface area contributed by atoms with Crippen LogP contribution < -0.4 is 5.32 Å². The molecule has 2 rings (SSSR count). The Hall–Kier alpha value is -0.220. The summed E-state index contributed by atoms with van der Waals surface area (Å²) in [4.78, 5) is 0. The minimum atomic E-state index is -2.42. The van der Waals surface area contributed by atoms with Crippen molar-refractivity contribution in [3.05, 3.63) is 0 Å². The Morgan fingerprint density at radius 2 is 2.00 bits per heavy atom. The van der Waals surface area contributed by atoms with E-state index in [0.717, 1.165) is 39.0 Å². The van der Waals surface area contributed by atoms with Gasteiger partial charge in [-0.15, -0.1) is 0 Å². The fourth-order valence-electron chi connectivity index (χ4n) is 3.37. The topological polar surface area (TPSA) is 21.3 Å². The van der Waals surface area contributed by atoms with E-state index in [-0.39, 0.29) is 24.8 Å². The quantitative estimate of drug-likeness (QED) is 0.820. The Kier molecular flexibility index (Phi) is 4.96. The van der Waals surface area contributed by atoms with Crippen LogP contribution in [0.2, 0.25) is 0 Å². The molecule has 2 nitrogen and oxygen atoms in total. The Bertz CT molecular complexity index is 254. The minimum absolute atomic E-state index is 0.0767. The Morgan fingerprint density at radius 1 is 1.28 bits per heavy atom. The average Bonchev–Trinajstić information content (AvgIpc) is 2.70.